The number of aryl methyl sites for hydroxylation is 1. The minimum atomic E-state index is -0.307. The lowest BCUT2D eigenvalue weighted by Gasteiger charge is -2.32. The van der Waals surface area contributed by atoms with E-state index in [-0.39, 0.29) is 11.3 Å². The number of hydrogen-bond acceptors (Lipinski definition) is 2. The van der Waals surface area contributed by atoms with Gasteiger partial charge in [0, 0.05) is 12.2 Å². The number of hydrogen-bond donors (Lipinski definition) is 2. The number of carbonyl (C=O) groups excluding carboxylic acids is 1. The van der Waals surface area contributed by atoms with Gasteiger partial charge in [-0.15, -0.1) is 0 Å². The lowest BCUT2D eigenvalue weighted by molar-refractivity contribution is -0.121. The van der Waals surface area contributed by atoms with E-state index >= 15 is 0 Å². The van der Waals surface area contributed by atoms with E-state index in [4.69, 9.17) is 0 Å². The molecule has 1 aromatic rings. The van der Waals surface area contributed by atoms with Crippen LogP contribution in [0.25, 0.3) is 0 Å². The first-order chi connectivity index (χ1) is 8.26. The molecule has 1 unspecified atom stereocenters. The number of amides is 1. The summed E-state index contributed by atoms with van der Waals surface area (Å²) in [6, 6.07) is 6.37. The third-order valence-corrected chi connectivity index (χ3v) is 4.07. The zero-order chi connectivity index (χ0) is 11.9. The Hall–Kier alpha value is -1.35. The summed E-state index contributed by atoms with van der Waals surface area (Å²) in [6.45, 7) is 3.95. The van der Waals surface area contributed by atoms with Crippen LogP contribution in [0, 0.1) is 0 Å². The van der Waals surface area contributed by atoms with Crippen LogP contribution in [0.15, 0.2) is 18.2 Å². The van der Waals surface area contributed by atoms with Crippen molar-refractivity contribution in [3.63, 3.8) is 0 Å². The smallest absolute Gasteiger partial charge is 0.236 e. The highest BCUT2D eigenvalue weighted by molar-refractivity contribution is 6.06. The Morgan fingerprint density at radius 2 is 2.29 bits per heavy atom. The van der Waals surface area contributed by atoms with E-state index in [9.17, 15) is 4.79 Å². The third-order valence-electron chi connectivity index (χ3n) is 4.07. The van der Waals surface area contributed by atoms with Crippen LogP contribution >= 0.6 is 0 Å². The average Bonchev–Trinajstić information content (AvgIpc) is 2.63. The molecule has 1 spiro atoms. The van der Waals surface area contributed by atoms with Crippen LogP contribution in [0.5, 0.6) is 0 Å². The van der Waals surface area contributed by atoms with Crippen molar-refractivity contribution in [2.45, 2.75) is 31.6 Å². The van der Waals surface area contributed by atoms with Crippen LogP contribution in [-0.4, -0.2) is 19.0 Å². The number of anilines is 1. The van der Waals surface area contributed by atoms with Gasteiger partial charge in [0.2, 0.25) is 5.91 Å². The predicted octanol–water partition coefficient (Wildman–Crippen LogP) is 1.82. The standard InChI is InChI=1S/C14H18N2O/c1-2-10-4-5-12-11(8-10)14(13(17)16-12)6-3-7-15-9-14/h4-5,8,15H,2-3,6-7,9H2,1H3,(H,16,17). The summed E-state index contributed by atoms with van der Waals surface area (Å²) in [7, 11) is 0. The molecule has 0 bridgehead atoms. The average molecular weight is 230 g/mol. The van der Waals surface area contributed by atoms with E-state index in [1.54, 1.807) is 0 Å². The number of fused-ring (bicyclic) bond motifs is 2. The second-order valence-corrected chi connectivity index (χ2v) is 5.05. The molecule has 1 saturated heterocycles. The molecule has 3 heteroatoms. The van der Waals surface area contributed by atoms with Gasteiger partial charge in [0.15, 0.2) is 0 Å². The normalized spacial score (nSPS) is 27.0. The molecule has 0 aromatic heterocycles. The van der Waals surface area contributed by atoms with Gasteiger partial charge in [-0.05, 0) is 43.0 Å². The predicted molar refractivity (Wildman–Crippen MR) is 68.2 cm³/mol. The van der Waals surface area contributed by atoms with Crippen LogP contribution in [0.1, 0.15) is 30.9 Å². The zero-order valence-corrected chi connectivity index (χ0v) is 10.2. The molecule has 2 aliphatic heterocycles. The van der Waals surface area contributed by atoms with Crippen molar-refractivity contribution in [3.8, 4) is 0 Å². The topological polar surface area (TPSA) is 41.1 Å². The zero-order valence-electron chi connectivity index (χ0n) is 10.2. The number of piperidine rings is 1. The van der Waals surface area contributed by atoms with Gasteiger partial charge in [-0.1, -0.05) is 19.1 Å². The molecule has 1 atom stereocenters. The Morgan fingerprint density at radius 1 is 1.41 bits per heavy atom. The molecule has 17 heavy (non-hydrogen) atoms. The quantitative estimate of drug-likeness (QED) is 0.772. The van der Waals surface area contributed by atoms with Gasteiger partial charge in [-0.2, -0.15) is 0 Å². The maximum Gasteiger partial charge on any atom is 0.236 e. The van der Waals surface area contributed by atoms with Gasteiger partial charge in [0.25, 0.3) is 0 Å². The SMILES string of the molecule is CCc1ccc2c(c1)C1(CCCNC1)C(=O)N2. The Labute approximate surface area is 102 Å². The van der Waals surface area contributed by atoms with Gasteiger partial charge in [-0.3, -0.25) is 4.79 Å². The minimum absolute atomic E-state index is 0.174. The summed E-state index contributed by atoms with van der Waals surface area (Å²) in [5.41, 5.74) is 3.22. The summed E-state index contributed by atoms with van der Waals surface area (Å²) >= 11 is 0. The highest BCUT2D eigenvalue weighted by Gasteiger charge is 2.47. The van der Waals surface area contributed by atoms with Crippen LogP contribution in [0.2, 0.25) is 0 Å². The molecule has 1 fully saturated rings. The van der Waals surface area contributed by atoms with Crippen LogP contribution in [0.4, 0.5) is 5.69 Å². The van der Waals surface area contributed by atoms with Gasteiger partial charge >= 0.3 is 0 Å². The molecular formula is C14H18N2O. The van der Waals surface area contributed by atoms with E-state index in [0.717, 1.165) is 38.0 Å². The highest BCUT2D eigenvalue weighted by Crippen LogP contribution is 2.42. The van der Waals surface area contributed by atoms with E-state index in [1.165, 1.54) is 11.1 Å². The van der Waals surface area contributed by atoms with E-state index in [0.29, 0.717) is 0 Å². The Morgan fingerprint density at radius 3 is 3.00 bits per heavy atom. The van der Waals surface area contributed by atoms with Crippen LogP contribution < -0.4 is 10.6 Å². The largest absolute Gasteiger partial charge is 0.325 e. The second-order valence-electron chi connectivity index (χ2n) is 5.05. The molecule has 90 valence electrons. The number of rotatable bonds is 1. The fourth-order valence-electron chi connectivity index (χ4n) is 3.01. The number of carbonyl (C=O) groups is 1. The molecule has 2 heterocycles. The fraction of sp³-hybridized carbons (Fsp3) is 0.500. The minimum Gasteiger partial charge on any atom is -0.325 e. The molecule has 1 amide bonds. The van der Waals surface area contributed by atoms with Gasteiger partial charge in [-0.25, -0.2) is 0 Å². The molecule has 1 aromatic carbocycles. The monoisotopic (exact) mass is 230 g/mol. The Bertz CT molecular complexity index is 461. The van der Waals surface area contributed by atoms with Crippen molar-refractivity contribution in [1.29, 1.82) is 0 Å². The Balaban J connectivity index is 2.10. The summed E-state index contributed by atoms with van der Waals surface area (Å²) in [5.74, 6) is 0.174. The molecule has 0 radical (unpaired) electrons. The molecular weight excluding hydrogens is 212 g/mol. The Kier molecular flexibility index (Phi) is 2.44. The molecule has 2 N–H and O–H groups in total. The fourth-order valence-corrected chi connectivity index (χ4v) is 3.01. The molecule has 3 rings (SSSR count). The van der Waals surface area contributed by atoms with Crippen molar-refractivity contribution < 1.29 is 4.79 Å². The molecule has 2 aliphatic rings. The first-order valence-corrected chi connectivity index (χ1v) is 6.42. The van der Waals surface area contributed by atoms with E-state index in [1.807, 2.05) is 0 Å². The van der Waals surface area contributed by atoms with Crippen LogP contribution in [0.3, 0.4) is 0 Å². The van der Waals surface area contributed by atoms with Crippen LogP contribution in [-0.2, 0) is 16.6 Å². The summed E-state index contributed by atoms with van der Waals surface area (Å²) in [4.78, 5) is 12.3. The van der Waals surface area contributed by atoms with Crippen molar-refractivity contribution in [2.75, 3.05) is 18.4 Å². The van der Waals surface area contributed by atoms with Gasteiger partial charge < -0.3 is 10.6 Å². The molecule has 0 aliphatic carbocycles. The maximum atomic E-state index is 12.3. The first-order valence-electron chi connectivity index (χ1n) is 6.42. The summed E-state index contributed by atoms with van der Waals surface area (Å²) < 4.78 is 0. The van der Waals surface area contributed by atoms with E-state index in [2.05, 4.69) is 35.8 Å². The summed E-state index contributed by atoms with van der Waals surface area (Å²) in [5, 5.41) is 6.40. The first kappa shape index (κ1) is 10.8. The molecule has 0 saturated carbocycles. The lowest BCUT2D eigenvalue weighted by atomic mass is 9.75. The van der Waals surface area contributed by atoms with Gasteiger partial charge in [0.05, 0.1) is 5.41 Å². The maximum absolute atomic E-state index is 12.3. The van der Waals surface area contributed by atoms with Crippen molar-refractivity contribution in [2.24, 2.45) is 0 Å². The van der Waals surface area contributed by atoms with Crippen molar-refractivity contribution >= 4 is 11.6 Å². The third kappa shape index (κ3) is 1.49. The van der Waals surface area contributed by atoms with Gasteiger partial charge in [0.1, 0.15) is 0 Å². The number of nitrogens with one attached hydrogen (secondary N) is 2. The second kappa shape index (κ2) is 3.84. The molecule has 3 nitrogen and oxygen atoms in total. The van der Waals surface area contributed by atoms with Crippen molar-refractivity contribution in [3.05, 3.63) is 29.3 Å². The van der Waals surface area contributed by atoms with Crippen molar-refractivity contribution in [1.82, 2.24) is 5.32 Å². The number of benzene rings is 1. The lowest BCUT2D eigenvalue weighted by Crippen LogP contribution is -2.47. The van der Waals surface area contributed by atoms with E-state index < -0.39 is 0 Å². The highest BCUT2D eigenvalue weighted by atomic mass is 16.2. The summed E-state index contributed by atoms with van der Waals surface area (Å²) in [6.07, 6.45) is 3.06.